The molecule has 0 saturated carbocycles. The Labute approximate surface area is 199 Å². The van der Waals surface area contributed by atoms with Gasteiger partial charge in [-0.05, 0) is 53.1 Å². The van der Waals surface area contributed by atoms with E-state index in [1.807, 2.05) is 13.0 Å². The van der Waals surface area contributed by atoms with Crippen molar-refractivity contribution in [3.63, 3.8) is 0 Å². The van der Waals surface area contributed by atoms with Crippen molar-refractivity contribution in [3.8, 4) is 22.3 Å². The lowest BCUT2D eigenvalue weighted by atomic mass is 9.94. The minimum atomic E-state index is -0.824. The molecule has 1 aliphatic rings. The molecule has 2 nitrogen and oxygen atoms in total. The Morgan fingerprint density at radius 2 is 1.44 bits per heavy atom. The van der Waals surface area contributed by atoms with Crippen molar-refractivity contribution in [2.45, 2.75) is 58.2 Å². The molecule has 1 heterocycles. The van der Waals surface area contributed by atoms with Gasteiger partial charge in [-0.3, -0.25) is 0 Å². The molecule has 5 heteroatoms. The molecular formula is C29H31F3O2. The molecule has 1 saturated heterocycles. The van der Waals surface area contributed by atoms with Crippen LogP contribution in [-0.2, 0) is 15.9 Å². The van der Waals surface area contributed by atoms with Crippen LogP contribution in [0.1, 0.15) is 56.6 Å². The summed E-state index contributed by atoms with van der Waals surface area (Å²) in [6, 6.07) is 15.5. The van der Waals surface area contributed by atoms with E-state index >= 15 is 0 Å². The van der Waals surface area contributed by atoms with E-state index in [0.29, 0.717) is 36.3 Å². The van der Waals surface area contributed by atoms with Crippen molar-refractivity contribution in [2.24, 2.45) is 0 Å². The lowest BCUT2D eigenvalue weighted by molar-refractivity contribution is -0.190. The minimum absolute atomic E-state index is 0.136. The van der Waals surface area contributed by atoms with E-state index in [1.54, 1.807) is 42.5 Å². The maximum atomic E-state index is 14.9. The van der Waals surface area contributed by atoms with Crippen molar-refractivity contribution in [3.05, 3.63) is 83.2 Å². The van der Waals surface area contributed by atoms with Crippen molar-refractivity contribution in [1.29, 1.82) is 0 Å². The SMILES string of the molecule is CCCCc1ccc(-c2ccc(-c3ccc(C4COC(CCC)OC4)c(F)c3)cc2)c(F)c1F. The highest BCUT2D eigenvalue weighted by molar-refractivity contribution is 5.71. The van der Waals surface area contributed by atoms with Gasteiger partial charge in [0.25, 0.3) is 0 Å². The van der Waals surface area contributed by atoms with Crippen LogP contribution in [0.25, 0.3) is 22.3 Å². The van der Waals surface area contributed by atoms with Gasteiger partial charge in [-0.1, -0.05) is 75.2 Å². The summed E-state index contributed by atoms with van der Waals surface area (Å²) in [5, 5.41) is 0. The fraction of sp³-hybridized carbons (Fsp3) is 0.379. The molecule has 0 radical (unpaired) electrons. The average Bonchev–Trinajstić information content (AvgIpc) is 2.86. The summed E-state index contributed by atoms with van der Waals surface area (Å²) >= 11 is 0. The highest BCUT2D eigenvalue weighted by Gasteiger charge is 2.25. The Morgan fingerprint density at radius 3 is 2.09 bits per heavy atom. The van der Waals surface area contributed by atoms with Gasteiger partial charge < -0.3 is 9.47 Å². The Kier molecular flexibility index (Phi) is 8.07. The normalized spacial score (nSPS) is 18.3. The summed E-state index contributed by atoms with van der Waals surface area (Å²) in [6.45, 7) is 4.97. The number of hydrogen-bond donors (Lipinski definition) is 0. The second-order valence-corrected chi connectivity index (χ2v) is 8.90. The third-order valence-corrected chi connectivity index (χ3v) is 6.42. The largest absolute Gasteiger partial charge is 0.352 e. The zero-order chi connectivity index (χ0) is 24.1. The van der Waals surface area contributed by atoms with Gasteiger partial charge in [0.1, 0.15) is 5.82 Å². The van der Waals surface area contributed by atoms with Gasteiger partial charge in [0, 0.05) is 11.5 Å². The average molecular weight is 469 g/mol. The van der Waals surface area contributed by atoms with Crippen LogP contribution < -0.4 is 0 Å². The Balaban J connectivity index is 1.49. The summed E-state index contributed by atoms with van der Waals surface area (Å²) in [4.78, 5) is 0. The second kappa shape index (κ2) is 11.2. The lowest BCUT2D eigenvalue weighted by Crippen LogP contribution is -2.31. The zero-order valence-corrected chi connectivity index (χ0v) is 19.8. The first-order valence-electron chi connectivity index (χ1n) is 12.1. The van der Waals surface area contributed by atoms with E-state index in [9.17, 15) is 13.2 Å². The van der Waals surface area contributed by atoms with Crippen LogP contribution in [0.3, 0.4) is 0 Å². The van der Waals surface area contributed by atoms with E-state index in [0.717, 1.165) is 36.8 Å². The Hall–Kier alpha value is -2.63. The highest BCUT2D eigenvalue weighted by atomic mass is 19.2. The van der Waals surface area contributed by atoms with Crippen LogP contribution in [0.5, 0.6) is 0 Å². The summed E-state index contributed by atoms with van der Waals surface area (Å²) in [7, 11) is 0. The monoisotopic (exact) mass is 468 g/mol. The molecule has 180 valence electrons. The van der Waals surface area contributed by atoms with E-state index in [1.165, 1.54) is 6.07 Å². The molecule has 0 atom stereocenters. The van der Waals surface area contributed by atoms with Gasteiger partial charge in [0.2, 0.25) is 0 Å². The molecule has 1 aliphatic heterocycles. The van der Waals surface area contributed by atoms with Gasteiger partial charge in [0.15, 0.2) is 17.9 Å². The molecule has 1 fully saturated rings. The summed E-state index contributed by atoms with van der Waals surface area (Å²) in [5.74, 6) is -2.04. The number of aryl methyl sites for hydroxylation is 1. The van der Waals surface area contributed by atoms with E-state index in [-0.39, 0.29) is 23.6 Å². The van der Waals surface area contributed by atoms with Gasteiger partial charge in [0.05, 0.1) is 13.2 Å². The maximum absolute atomic E-state index is 14.9. The summed E-state index contributed by atoms with van der Waals surface area (Å²) < 4.78 is 55.5. The lowest BCUT2D eigenvalue weighted by Gasteiger charge is -2.29. The molecule has 0 aromatic heterocycles. The van der Waals surface area contributed by atoms with Crippen LogP contribution in [-0.4, -0.2) is 19.5 Å². The van der Waals surface area contributed by atoms with Gasteiger partial charge in [-0.25, -0.2) is 13.2 Å². The van der Waals surface area contributed by atoms with Gasteiger partial charge >= 0.3 is 0 Å². The van der Waals surface area contributed by atoms with Crippen molar-refractivity contribution in [2.75, 3.05) is 13.2 Å². The van der Waals surface area contributed by atoms with E-state index in [2.05, 4.69) is 6.92 Å². The van der Waals surface area contributed by atoms with Crippen LogP contribution in [0, 0.1) is 17.5 Å². The summed E-state index contributed by atoms with van der Waals surface area (Å²) in [6.07, 6.45) is 3.88. The molecule has 0 spiro atoms. The van der Waals surface area contributed by atoms with E-state index < -0.39 is 11.6 Å². The third kappa shape index (κ3) is 5.37. The number of unbranched alkanes of at least 4 members (excludes halogenated alkanes) is 1. The van der Waals surface area contributed by atoms with Gasteiger partial charge in [-0.2, -0.15) is 0 Å². The molecule has 3 aromatic rings. The predicted molar refractivity (Wildman–Crippen MR) is 129 cm³/mol. The second-order valence-electron chi connectivity index (χ2n) is 8.90. The number of hydrogen-bond acceptors (Lipinski definition) is 2. The first-order chi connectivity index (χ1) is 16.5. The van der Waals surface area contributed by atoms with Crippen LogP contribution in [0.2, 0.25) is 0 Å². The van der Waals surface area contributed by atoms with Crippen molar-refractivity contribution in [1.82, 2.24) is 0 Å². The standard InChI is InChI=1S/C29H31F3O2/c1-3-5-7-21-12-15-25(29(32)28(21)31)20-10-8-19(9-11-20)22-13-14-24(26(30)16-22)23-17-33-27(6-4-2)34-18-23/h8-16,23,27H,3-7,17-18H2,1-2H3. The van der Waals surface area contributed by atoms with Crippen LogP contribution >= 0.6 is 0 Å². The highest BCUT2D eigenvalue weighted by Crippen LogP contribution is 2.32. The molecule has 0 bridgehead atoms. The number of benzene rings is 3. The topological polar surface area (TPSA) is 18.5 Å². The van der Waals surface area contributed by atoms with Gasteiger partial charge in [-0.15, -0.1) is 0 Å². The number of rotatable bonds is 8. The fourth-order valence-corrected chi connectivity index (χ4v) is 4.38. The van der Waals surface area contributed by atoms with Crippen LogP contribution in [0.4, 0.5) is 13.2 Å². The maximum Gasteiger partial charge on any atom is 0.166 e. The molecule has 3 aromatic carbocycles. The molecule has 0 aliphatic carbocycles. The smallest absolute Gasteiger partial charge is 0.166 e. The Bertz CT molecular complexity index is 1100. The first-order valence-corrected chi connectivity index (χ1v) is 12.1. The molecular weight excluding hydrogens is 437 g/mol. The first kappa shape index (κ1) is 24.5. The quantitative estimate of drug-likeness (QED) is 0.333. The van der Waals surface area contributed by atoms with Crippen molar-refractivity contribution < 1.29 is 22.6 Å². The minimum Gasteiger partial charge on any atom is -0.352 e. The zero-order valence-electron chi connectivity index (χ0n) is 19.8. The molecule has 0 amide bonds. The van der Waals surface area contributed by atoms with E-state index in [4.69, 9.17) is 9.47 Å². The Morgan fingerprint density at radius 1 is 0.765 bits per heavy atom. The molecule has 34 heavy (non-hydrogen) atoms. The predicted octanol–water partition coefficient (Wildman–Crippen LogP) is 8.04. The van der Waals surface area contributed by atoms with Crippen LogP contribution in [0.15, 0.2) is 54.6 Å². The fourth-order valence-electron chi connectivity index (χ4n) is 4.38. The molecule has 0 N–H and O–H groups in total. The third-order valence-electron chi connectivity index (χ3n) is 6.42. The van der Waals surface area contributed by atoms with Crippen molar-refractivity contribution >= 4 is 0 Å². The number of halogens is 3. The summed E-state index contributed by atoms with van der Waals surface area (Å²) in [5.41, 5.74) is 3.31. The molecule has 4 rings (SSSR count). The molecule has 0 unspecified atom stereocenters. The number of ether oxygens (including phenoxy) is 2.